The van der Waals surface area contributed by atoms with E-state index in [4.69, 9.17) is 4.74 Å². The van der Waals surface area contributed by atoms with Crippen LogP contribution in [0.3, 0.4) is 0 Å². The SMILES string of the molecule is C=C1CCC2C(CO)C(O)CCC2(C)C1C/C=C1\CCOC1=O.CF. The molecule has 142 valence electrons. The highest BCUT2D eigenvalue weighted by atomic mass is 19.1. The molecule has 1 aliphatic heterocycles. The Bertz CT molecular complexity index is 530. The number of aliphatic hydroxyl groups excluding tert-OH is 2. The van der Waals surface area contributed by atoms with Crippen LogP contribution in [0.4, 0.5) is 4.39 Å². The number of halogens is 1. The van der Waals surface area contributed by atoms with Gasteiger partial charge in [0, 0.05) is 24.5 Å². The van der Waals surface area contributed by atoms with Crippen molar-refractivity contribution < 1.29 is 24.1 Å². The lowest BCUT2D eigenvalue weighted by atomic mass is 9.50. The van der Waals surface area contributed by atoms with Crippen LogP contribution in [-0.4, -0.2) is 42.7 Å². The van der Waals surface area contributed by atoms with Crippen LogP contribution >= 0.6 is 0 Å². The predicted octanol–water partition coefficient (Wildman–Crippen LogP) is 3.19. The molecule has 3 rings (SSSR count). The maximum Gasteiger partial charge on any atom is 0.333 e. The third kappa shape index (κ3) is 3.82. The number of fused-ring (bicyclic) bond motifs is 1. The van der Waals surface area contributed by atoms with Crippen molar-refractivity contribution in [3.63, 3.8) is 0 Å². The topological polar surface area (TPSA) is 66.8 Å². The zero-order chi connectivity index (χ0) is 18.6. The van der Waals surface area contributed by atoms with E-state index < -0.39 is 6.10 Å². The highest BCUT2D eigenvalue weighted by Crippen LogP contribution is 2.57. The van der Waals surface area contributed by atoms with Gasteiger partial charge in [0.25, 0.3) is 0 Å². The molecule has 0 aromatic rings. The lowest BCUT2D eigenvalue weighted by Gasteiger charge is -2.55. The normalized spacial score (nSPS) is 39.5. The van der Waals surface area contributed by atoms with Gasteiger partial charge in [-0.2, -0.15) is 0 Å². The number of esters is 1. The van der Waals surface area contributed by atoms with Gasteiger partial charge in [0.1, 0.15) is 0 Å². The van der Waals surface area contributed by atoms with E-state index in [0.29, 0.717) is 32.0 Å². The minimum atomic E-state index is -0.395. The summed E-state index contributed by atoms with van der Waals surface area (Å²) in [5, 5.41) is 20.0. The Hall–Kier alpha value is -1.20. The fraction of sp³-hybridized carbons (Fsp3) is 0.750. The summed E-state index contributed by atoms with van der Waals surface area (Å²) in [7, 11) is 0.500. The van der Waals surface area contributed by atoms with Gasteiger partial charge in [-0.3, -0.25) is 4.39 Å². The van der Waals surface area contributed by atoms with Crippen LogP contribution < -0.4 is 0 Å². The minimum absolute atomic E-state index is 0.0338. The van der Waals surface area contributed by atoms with Crippen molar-refractivity contribution in [2.75, 3.05) is 20.4 Å². The first kappa shape index (κ1) is 20.1. The van der Waals surface area contributed by atoms with Crippen molar-refractivity contribution in [1.29, 1.82) is 0 Å². The molecule has 5 atom stereocenters. The predicted molar refractivity (Wildman–Crippen MR) is 94.6 cm³/mol. The number of hydrogen-bond donors (Lipinski definition) is 2. The summed E-state index contributed by atoms with van der Waals surface area (Å²) in [5.41, 5.74) is 2.08. The first-order valence-electron chi connectivity index (χ1n) is 9.18. The van der Waals surface area contributed by atoms with E-state index in [-0.39, 0.29) is 23.9 Å². The largest absolute Gasteiger partial charge is 0.462 e. The molecule has 0 radical (unpaired) electrons. The van der Waals surface area contributed by atoms with Crippen molar-refractivity contribution in [3.05, 3.63) is 23.8 Å². The standard InChI is InChI=1S/C19H28O4.CH3F/c1-12-3-5-16-14(11-20)17(21)7-9-19(16,2)15(12)6-4-13-8-10-23-18(13)22;1-2/h4,14-17,20-21H,1,3,5-11H2,2H3;1H3/b13-4+;. The number of rotatable bonds is 3. The maximum atomic E-state index is 11.7. The Morgan fingerprint density at radius 2 is 2.08 bits per heavy atom. The second-order valence-corrected chi connectivity index (χ2v) is 7.67. The minimum Gasteiger partial charge on any atom is -0.462 e. The van der Waals surface area contributed by atoms with Gasteiger partial charge in [0.2, 0.25) is 0 Å². The van der Waals surface area contributed by atoms with Crippen molar-refractivity contribution in [2.24, 2.45) is 23.2 Å². The second-order valence-electron chi connectivity index (χ2n) is 7.67. The van der Waals surface area contributed by atoms with Crippen LogP contribution in [0, 0.1) is 23.2 Å². The first-order valence-corrected chi connectivity index (χ1v) is 9.18. The highest BCUT2D eigenvalue weighted by molar-refractivity contribution is 5.90. The number of hydrogen-bond acceptors (Lipinski definition) is 4. The Balaban J connectivity index is 0.00000109. The molecule has 2 N–H and O–H groups in total. The highest BCUT2D eigenvalue weighted by Gasteiger charge is 2.51. The van der Waals surface area contributed by atoms with E-state index in [1.54, 1.807) is 0 Å². The van der Waals surface area contributed by atoms with E-state index in [0.717, 1.165) is 37.7 Å². The number of cyclic esters (lactones) is 1. The van der Waals surface area contributed by atoms with Crippen molar-refractivity contribution >= 4 is 5.97 Å². The number of allylic oxidation sites excluding steroid dienone is 2. The average molecular weight is 354 g/mol. The van der Waals surface area contributed by atoms with Crippen LogP contribution in [0.15, 0.2) is 23.8 Å². The molecule has 4 nitrogen and oxygen atoms in total. The zero-order valence-electron chi connectivity index (χ0n) is 15.3. The molecule has 1 heterocycles. The first-order chi connectivity index (χ1) is 12.0. The molecule has 0 amide bonds. The third-order valence-electron chi connectivity index (χ3n) is 6.58. The summed E-state index contributed by atoms with van der Waals surface area (Å²) in [6.07, 6.45) is 6.79. The van der Waals surface area contributed by atoms with Gasteiger partial charge in [-0.25, -0.2) is 4.79 Å². The molecule has 5 unspecified atom stereocenters. The van der Waals surface area contributed by atoms with Crippen molar-refractivity contribution in [2.45, 2.75) is 51.6 Å². The molecule has 3 fully saturated rings. The van der Waals surface area contributed by atoms with Crippen LogP contribution in [0.5, 0.6) is 0 Å². The van der Waals surface area contributed by atoms with Crippen molar-refractivity contribution in [3.8, 4) is 0 Å². The lowest BCUT2D eigenvalue weighted by Crippen LogP contribution is -2.51. The quantitative estimate of drug-likeness (QED) is 0.464. The smallest absolute Gasteiger partial charge is 0.333 e. The van der Waals surface area contributed by atoms with Crippen LogP contribution in [-0.2, 0) is 9.53 Å². The summed E-state index contributed by atoms with van der Waals surface area (Å²) in [5.74, 6) is 0.415. The van der Waals surface area contributed by atoms with Gasteiger partial charge in [-0.1, -0.05) is 25.2 Å². The number of carbonyl (C=O) groups is 1. The van der Waals surface area contributed by atoms with Crippen LogP contribution in [0.1, 0.15) is 45.4 Å². The third-order valence-corrected chi connectivity index (χ3v) is 6.58. The monoisotopic (exact) mass is 354 g/mol. The van der Waals surface area contributed by atoms with Gasteiger partial charge in [0.15, 0.2) is 0 Å². The number of aliphatic hydroxyl groups is 2. The summed E-state index contributed by atoms with van der Waals surface area (Å²) in [4.78, 5) is 11.7. The average Bonchev–Trinajstić information content (AvgIpc) is 3.02. The molecule has 5 heteroatoms. The maximum absolute atomic E-state index is 11.7. The van der Waals surface area contributed by atoms with Crippen LogP contribution in [0.2, 0.25) is 0 Å². The molecule has 1 saturated heterocycles. The van der Waals surface area contributed by atoms with E-state index >= 15 is 0 Å². The lowest BCUT2D eigenvalue weighted by molar-refractivity contribution is -0.135. The van der Waals surface area contributed by atoms with Crippen molar-refractivity contribution in [1.82, 2.24) is 0 Å². The number of alkyl halides is 1. The molecule has 0 aromatic heterocycles. The Morgan fingerprint density at radius 3 is 2.68 bits per heavy atom. The Labute approximate surface area is 149 Å². The number of carbonyl (C=O) groups excluding carboxylic acids is 1. The fourth-order valence-corrected chi connectivity index (χ4v) is 5.15. The summed E-state index contributed by atoms with van der Waals surface area (Å²) >= 11 is 0. The van der Waals surface area contributed by atoms with Gasteiger partial charge in [0.05, 0.1) is 19.9 Å². The molecule has 25 heavy (non-hydrogen) atoms. The summed E-state index contributed by atoms with van der Waals surface area (Å²) in [6, 6.07) is 0. The van der Waals surface area contributed by atoms with Gasteiger partial charge < -0.3 is 14.9 Å². The van der Waals surface area contributed by atoms with E-state index in [1.165, 1.54) is 5.57 Å². The molecule has 3 aliphatic rings. The summed E-state index contributed by atoms with van der Waals surface area (Å²) < 4.78 is 14.5. The molecular formula is C20H31FO4. The summed E-state index contributed by atoms with van der Waals surface area (Å²) in [6.45, 7) is 7.12. The Morgan fingerprint density at radius 1 is 1.36 bits per heavy atom. The van der Waals surface area contributed by atoms with E-state index in [1.807, 2.05) is 6.08 Å². The van der Waals surface area contributed by atoms with Gasteiger partial charge in [-0.05, 0) is 49.4 Å². The zero-order valence-corrected chi connectivity index (χ0v) is 15.3. The molecule has 0 spiro atoms. The van der Waals surface area contributed by atoms with E-state index in [2.05, 4.69) is 13.5 Å². The molecule has 2 aliphatic carbocycles. The molecule has 0 bridgehead atoms. The number of ether oxygens (including phenoxy) is 1. The molecule has 0 aromatic carbocycles. The van der Waals surface area contributed by atoms with Gasteiger partial charge >= 0.3 is 5.97 Å². The molecule has 2 saturated carbocycles. The van der Waals surface area contributed by atoms with E-state index in [9.17, 15) is 19.4 Å². The molecular weight excluding hydrogens is 323 g/mol. The fourth-order valence-electron chi connectivity index (χ4n) is 5.15. The van der Waals surface area contributed by atoms with Gasteiger partial charge in [-0.15, -0.1) is 0 Å². The second kappa shape index (κ2) is 8.45. The van der Waals surface area contributed by atoms with Crippen LogP contribution in [0.25, 0.3) is 0 Å². The Kier molecular flexibility index (Phi) is 6.80.